The molecule has 4 nitrogen and oxygen atoms in total. The van der Waals surface area contributed by atoms with E-state index in [1.807, 2.05) is 0 Å². The summed E-state index contributed by atoms with van der Waals surface area (Å²) in [5.74, 6) is -0.742. The molecule has 0 saturated heterocycles. The lowest BCUT2D eigenvalue weighted by Gasteiger charge is -2.04. The molecule has 2 amide bonds. The molecule has 20 heavy (non-hydrogen) atoms. The molecule has 0 spiro atoms. The fourth-order valence-electron chi connectivity index (χ4n) is 2.35. The van der Waals surface area contributed by atoms with Gasteiger partial charge in [0.2, 0.25) is 0 Å². The minimum absolute atomic E-state index is 0.260. The summed E-state index contributed by atoms with van der Waals surface area (Å²) in [6, 6.07) is 3.33. The van der Waals surface area contributed by atoms with Gasteiger partial charge in [0.25, 0.3) is 11.8 Å². The monoisotopic (exact) mass is 326 g/mol. The summed E-state index contributed by atoms with van der Waals surface area (Å²) in [6.07, 6.45) is 2.84. The van der Waals surface area contributed by atoms with Gasteiger partial charge in [0.1, 0.15) is 5.00 Å². The third kappa shape index (κ3) is 2.34. The molecule has 0 unspecified atom stereocenters. The van der Waals surface area contributed by atoms with Gasteiger partial charge in [-0.05, 0) is 37.0 Å². The molecular formula is C13H11ClN2O2S2. The Morgan fingerprint density at radius 1 is 1.25 bits per heavy atom. The number of carbonyl (C=O) groups excluding carboxylic acids is 2. The van der Waals surface area contributed by atoms with Gasteiger partial charge < -0.3 is 11.1 Å². The highest BCUT2D eigenvalue weighted by molar-refractivity contribution is 7.18. The van der Waals surface area contributed by atoms with Gasteiger partial charge in [-0.1, -0.05) is 11.6 Å². The zero-order chi connectivity index (χ0) is 14.3. The van der Waals surface area contributed by atoms with Crippen molar-refractivity contribution in [3.05, 3.63) is 37.4 Å². The first-order valence-electron chi connectivity index (χ1n) is 6.07. The first-order valence-corrected chi connectivity index (χ1v) is 8.08. The number of halogens is 1. The molecule has 3 N–H and O–H groups in total. The zero-order valence-electron chi connectivity index (χ0n) is 10.4. The number of rotatable bonds is 3. The van der Waals surface area contributed by atoms with E-state index < -0.39 is 5.91 Å². The average Bonchev–Trinajstić information content (AvgIpc) is 3.03. The highest BCUT2D eigenvalue weighted by atomic mass is 35.5. The van der Waals surface area contributed by atoms with Crippen molar-refractivity contribution < 1.29 is 9.59 Å². The highest BCUT2D eigenvalue weighted by Gasteiger charge is 2.26. The summed E-state index contributed by atoms with van der Waals surface area (Å²) < 4.78 is 0.555. The van der Waals surface area contributed by atoms with E-state index in [0.717, 1.165) is 29.7 Å². The zero-order valence-corrected chi connectivity index (χ0v) is 12.8. The molecule has 0 fully saturated rings. The van der Waals surface area contributed by atoms with Crippen molar-refractivity contribution in [3.63, 3.8) is 0 Å². The largest absolute Gasteiger partial charge is 0.365 e. The molecule has 2 heterocycles. The lowest BCUT2D eigenvalue weighted by Crippen LogP contribution is -2.17. The number of nitrogens with one attached hydrogen (secondary N) is 1. The lowest BCUT2D eigenvalue weighted by molar-refractivity contribution is 0.100. The summed E-state index contributed by atoms with van der Waals surface area (Å²) in [7, 11) is 0. The number of aryl methyl sites for hydroxylation is 1. The molecule has 3 rings (SSSR count). The van der Waals surface area contributed by atoms with Crippen molar-refractivity contribution in [1.29, 1.82) is 0 Å². The summed E-state index contributed by atoms with van der Waals surface area (Å²) in [5.41, 5.74) is 6.92. The van der Waals surface area contributed by atoms with Crippen LogP contribution in [0.3, 0.4) is 0 Å². The van der Waals surface area contributed by atoms with Crippen molar-refractivity contribution in [2.75, 3.05) is 5.32 Å². The molecule has 0 radical (unpaired) electrons. The molecular weight excluding hydrogens is 316 g/mol. The summed E-state index contributed by atoms with van der Waals surface area (Å²) in [6.45, 7) is 0. The van der Waals surface area contributed by atoms with Crippen LogP contribution in [-0.4, -0.2) is 11.8 Å². The molecule has 0 saturated carbocycles. The first-order chi connectivity index (χ1) is 9.56. The van der Waals surface area contributed by atoms with Crippen LogP contribution in [0.15, 0.2) is 12.1 Å². The second kappa shape index (κ2) is 5.20. The Morgan fingerprint density at radius 2 is 2.05 bits per heavy atom. The van der Waals surface area contributed by atoms with Gasteiger partial charge in [0.05, 0.1) is 14.8 Å². The summed E-state index contributed by atoms with van der Waals surface area (Å²) in [5, 5.41) is 3.33. The first kappa shape index (κ1) is 13.6. The van der Waals surface area contributed by atoms with E-state index in [4.69, 9.17) is 17.3 Å². The second-order valence-corrected chi connectivity index (χ2v) is 7.30. The Labute approximate surface area is 128 Å². The van der Waals surface area contributed by atoms with E-state index in [1.54, 1.807) is 12.1 Å². The van der Waals surface area contributed by atoms with E-state index in [0.29, 0.717) is 19.8 Å². The van der Waals surface area contributed by atoms with Crippen LogP contribution in [-0.2, 0) is 12.8 Å². The average molecular weight is 327 g/mol. The number of thiophene rings is 2. The van der Waals surface area contributed by atoms with Gasteiger partial charge in [-0.15, -0.1) is 22.7 Å². The number of hydrogen-bond acceptors (Lipinski definition) is 4. The van der Waals surface area contributed by atoms with Crippen molar-refractivity contribution >= 4 is 51.1 Å². The summed E-state index contributed by atoms with van der Waals surface area (Å²) in [4.78, 5) is 25.4. The van der Waals surface area contributed by atoms with Crippen LogP contribution >= 0.6 is 34.3 Å². The van der Waals surface area contributed by atoms with Gasteiger partial charge in [0, 0.05) is 4.88 Å². The fourth-order valence-corrected chi connectivity index (χ4v) is 4.58. The minimum Gasteiger partial charge on any atom is -0.365 e. The number of carbonyl (C=O) groups is 2. The van der Waals surface area contributed by atoms with Crippen molar-refractivity contribution in [2.24, 2.45) is 5.73 Å². The van der Waals surface area contributed by atoms with Crippen LogP contribution in [0, 0.1) is 0 Å². The van der Waals surface area contributed by atoms with Crippen molar-refractivity contribution in [1.82, 2.24) is 0 Å². The van der Waals surface area contributed by atoms with E-state index in [1.165, 1.54) is 22.7 Å². The Kier molecular flexibility index (Phi) is 3.54. The predicted octanol–water partition coefficient (Wildman–Crippen LogP) is 3.30. The SMILES string of the molecule is NC(=O)c1c(NC(=O)c2ccc(Cl)s2)sc2c1CCC2. The highest BCUT2D eigenvalue weighted by Crippen LogP contribution is 2.39. The van der Waals surface area contributed by atoms with E-state index >= 15 is 0 Å². The van der Waals surface area contributed by atoms with Gasteiger partial charge in [-0.2, -0.15) is 0 Å². The number of anilines is 1. The molecule has 0 aromatic carbocycles. The van der Waals surface area contributed by atoms with Gasteiger partial charge >= 0.3 is 0 Å². The minimum atomic E-state index is -0.482. The van der Waals surface area contributed by atoms with Gasteiger partial charge in [-0.3, -0.25) is 9.59 Å². The van der Waals surface area contributed by atoms with Crippen LogP contribution in [0.2, 0.25) is 4.34 Å². The maximum atomic E-state index is 12.1. The topological polar surface area (TPSA) is 72.2 Å². The van der Waals surface area contributed by atoms with Crippen molar-refractivity contribution in [2.45, 2.75) is 19.3 Å². The fraction of sp³-hybridized carbons (Fsp3) is 0.231. The number of primary amides is 1. The quantitative estimate of drug-likeness (QED) is 0.908. The Morgan fingerprint density at radius 3 is 2.70 bits per heavy atom. The molecule has 0 aliphatic heterocycles. The van der Waals surface area contributed by atoms with Crippen molar-refractivity contribution in [3.8, 4) is 0 Å². The van der Waals surface area contributed by atoms with Crippen LogP contribution < -0.4 is 11.1 Å². The van der Waals surface area contributed by atoms with Crippen LogP contribution in [0.5, 0.6) is 0 Å². The standard InChI is InChI=1S/C13H11ClN2O2S2/c14-9-5-4-8(19-9)12(18)16-13-10(11(15)17)6-2-1-3-7(6)20-13/h4-5H,1-3H2,(H2,15,17)(H,16,18). The molecule has 104 valence electrons. The number of amides is 2. The van der Waals surface area contributed by atoms with Crippen LogP contribution in [0.4, 0.5) is 5.00 Å². The number of fused-ring (bicyclic) bond motifs is 1. The number of hydrogen-bond donors (Lipinski definition) is 2. The molecule has 2 aromatic rings. The van der Waals surface area contributed by atoms with E-state index in [-0.39, 0.29) is 5.91 Å². The third-order valence-corrected chi connectivity index (χ3v) is 5.63. The maximum Gasteiger partial charge on any atom is 0.266 e. The lowest BCUT2D eigenvalue weighted by atomic mass is 10.1. The van der Waals surface area contributed by atoms with Gasteiger partial charge in [0.15, 0.2) is 0 Å². The Hall–Kier alpha value is -1.37. The Balaban J connectivity index is 1.91. The maximum absolute atomic E-state index is 12.1. The molecule has 0 atom stereocenters. The molecule has 2 aromatic heterocycles. The van der Waals surface area contributed by atoms with Gasteiger partial charge in [-0.25, -0.2) is 0 Å². The smallest absolute Gasteiger partial charge is 0.266 e. The molecule has 1 aliphatic rings. The molecule has 1 aliphatic carbocycles. The van der Waals surface area contributed by atoms with E-state index in [9.17, 15) is 9.59 Å². The molecule has 0 bridgehead atoms. The number of nitrogens with two attached hydrogens (primary N) is 1. The predicted molar refractivity (Wildman–Crippen MR) is 82.1 cm³/mol. The Bertz CT molecular complexity index is 705. The summed E-state index contributed by atoms with van der Waals surface area (Å²) >= 11 is 8.46. The van der Waals surface area contributed by atoms with E-state index in [2.05, 4.69) is 5.32 Å². The van der Waals surface area contributed by atoms with Crippen LogP contribution in [0.25, 0.3) is 0 Å². The normalized spacial score (nSPS) is 13.2. The third-order valence-electron chi connectivity index (χ3n) is 3.19. The second-order valence-electron chi connectivity index (χ2n) is 4.48. The van der Waals surface area contributed by atoms with Crippen LogP contribution in [0.1, 0.15) is 36.9 Å². The molecule has 7 heteroatoms.